The maximum absolute atomic E-state index is 11.7. The second kappa shape index (κ2) is 8.45. The molecule has 7 nitrogen and oxygen atoms in total. The SMILES string of the molecule is CCc1cc2c(s1)CCOC21CCN(Cc2cn(CCS(=O)(=O)CC)nn2)CC1. The Morgan fingerprint density at radius 1 is 1.28 bits per heavy atom. The minimum atomic E-state index is -2.99. The Morgan fingerprint density at radius 2 is 2.07 bits per heavy atom. The van der Waals surface area contributed by atoms with E-state index < -0.39 is 9.84 Å². The van der Waals surface area contributed by atoms with Gasteiger partial charge in [-0.05, 0) is 30.9 Å². The van der Waals surface area contributed by atoms with Crippen LogP contribution in [0.3, 0.4) is 0 Å². The standard InChI is InChI=1S/C20H30N4O3S2/c1-3-17-13-18-19(28-17)5-11-27-20(18)6-8-23(9-7-20)14-16-15-24(22-21-16)10-12-29(25,26)4-2/h13,15H,3-12,14H2,1-2H3. The number of rotatable bonds is 7. The highest BCUT2D eigenvalue weighted by molar-refractivity contribution is 7.91. The van der Waals surface area contributed by atoms with E-state index in [1.54, 1.807) is 11.6 Å². The normalized spacial score (nSPS) is 19.5. The Bertz CT molecular complexity index is 943. The first-order chi connectivity index (χ1) is 13.9. The topological polar surface area (TPSA) is 77.3 Å². The van der Waals surface area contributed by atoms with Crippen LogP contribution in [0, 0.1) is 0 Å². The van der Waals surface area contributed by atoms with Crippen LogP contribution < -0.4 is 0 Å². The zero-order valence-electron chi connectivity index (χ0n) is 17.3. The van der Waals surface area contributed by atoms with Gasteiger partial charge in [0.05, 0.1) is 30.2 Å². The number of likely N-dealkylation sites (tertiary alicyclic amines) is 1. The molecule has 1 saturated heterocycles. The van der Waals surface area contributed by atoms with Gasteiger partial charge in [0.2, 0.25) is 0 Å². The van der Waals surface area contributed by atoms with Crippen molar-refractivity contribution in [2.45, 2.75) is 58.2 Å². The first-order valence-corrected chi connectivity index (χ1v) is 13.1. The molecular formula is C20H30N4O3S2. The van der Waals surface area contributed by atoms with E-state index in [-0.39, 0.29) is 17.1 Å². The third-order valence-corrected chi connectivity index (χ3v) is 9.14. The van der Waals surface area contributed by atoms with Crippen molar-refractivity contribution in [3.8, 4) is 0 Å². The van der Waals surface area contributed by atoms with E-state index in [1.165, 1.54) is 15.3 Å². The molecule has 0 radical (unpaired) electrons. The summed E-state index contributed by atoms with van der Waals surface area (Å²) < 4.78 is 31.3. The fraction of sp³-hybridized carbons (Fsp3) is 0.700. The van der Waals surface area contributed by atoms with Crippen molar-refractivity contribution in [2.24, 2.45) is 0 Å². The number of aromatic nitrogens is 3. The molecule has 4 rings (SSSR count). The molecule has 9 heteroatoms. The molecule has 0 atom stereocenters. The van der Waals surface area contributed by atoms with Crippen molar-refractivity contribution in [1.29, 1.82) is 0 Å². The third-order valence-electron chi connectivity index (χ3n) is 6.11. The molecule has 0 saturated carbocycles. The van der Waals surface area contributed by atoms with Gasteiger partial charge < -0.3 is 4.74 Å². The fourth-order valence-corrected chi connectivity index (χ4v) is 6.19. The molecule has 2 aromatic heterocycles. The summed E-state index contributed by atoms with van der Waals surface area (Å²) in [4.78, 5) is 5.38. The number of ether oxygens (including phenoxy) is 1. The molecule has 4 heterocycles. The van der Waals surface area contributed by atoms with Gasteiger partial charge in [-0.3, -0.25) is 9.58 Å². The summed E-state index contributed by atoms with van der Waals surface area (Å²) in [5.41, 5.74) is 2.22. The van der Waals surface area contributed by atoms with Crippen LogP contribution in [0.4, 0.5) is 0 Å². The highest BCUT2D eigenvalue weighted by Crippen LogP contribution is 2.44. The summed E-state index contributed by atoms with van der Waals surface area (Å²) in [6.07, 6.45) is 6.01. The summed E-state index contributed by atoms with van der Waals surface area (Å²) in [6.45, 7) is 7.75. The van der Waals surface area contributed by atoms with Gasteiger partial charge in [-0.25, -0.2) is 8.42 Å². The van der Waals surface area contributed by atoms with Crippen molar-refractivity contribution < 1.29 is 13.2 Å². The van der Waals surface area contributed by atoms with E-state index in [0.717, 1.165) is 57.6 Å². The van der Waals surface area contributed by atoms with Crippen molar-refractivity contribution in [3.05, 3.63) is 33.3 Å². The Labute approximate surface area is 177 Å². The Hall–Kier alpha value is -1.29. The molecule has 29 heavy (non-hydrogen) atoms. The molecule has 2 aromatic rings. The highest BCUT2D eigenvalue weighted by Gasteiger charge is 2.41. The minimum absolute atomic E-state index is 0.110. The Morgan fingerprint density at radius 3 is 2.79 bits per heavy atom. The van der Waals surface area contributed by atoms with E-state index in [9.17, 15) is 8.42 Å². The average molecular weight is 439 g/mol. The predicted octanol–water partition coefficient (Wildman–Crippen LogP) is 2.40. The number of fused-ring (bicyclic) bond motifs is 2. The average Bonchev–Trinajstić information content (AvgIpc) is 3.36. The maximum Gasteiger partial charge on any atom is 0.151 e. The summed E-state index contributed by atoms with van der Waals surface area (Å²) in [7, 11) is -2.99. The lowest BCUT2D eigenvalue weighted by Crippen LogP contribution is -2.45. The van der Waals surface area contributed by atoms with Gasteiger partial charge in [-0.1, -0.05) is 19.1 Å². The fourth-order valence-electron chi connectivity index (χ4n) is 4.26. The molecule has 160 valence electrons. The molecule has 2 aliphatic rings. The summed E-state index contributed by atoms with van der Waals surface area (Å²) in [5.74, 6) is 0.274. The first-order valence-electron chi connectivity index (χ1n) is 10.5. The van der Waals surface area contributed by atoms with Crippen LogP contribution in [-0.2, 0) is 46.1 Å². The molecule has 0 aliphatic carbocycles. The second-order valence-corrected chi connectivity index (χ2v) is 11.7. The third kappa shape index (κ3) is 4.57. The van der Waals surface area contributed by atoms with Gasteiger partial charge >= 0.3 is 0 Å². The van der Waals surface area contributed by atoms with E-state index >= 15 is 0 Å². The summed E-state index contributed by atoms with van der Waals surface area (Å²) in [6, 6.07) is 2.38. The second-order valence-electron chi connectivity index (χ2n) is 7.98. The van der Waals surface area contributed by atoms with Crippen LogP contribution in [-0.4, -0.2) is 59.5 Å². The van der Waals surface area contributed by atoms with Gasteiger partial charge in [0.1, 0.15) is 0 Å². The van der Waals surface area contributed by atoms with Crippen LogP contribution in [0.25, 0.3) is 0 Å². The smallest absolute Gasteiger partial charge is 0.151 e. The van der Waals surface area contributed by atoms with Gasteiger partial charge in [0.25, 0.3) is 0 Å². The largest absolute Gasteiger partial charge is 0.370 e. The number of hydrogen-bond acceptors (Lipinski definition) is 7. The van der Waals surface area contributed by atoms with Crippen LogP contribution in [0.1, 0.15) is 47.7 Å². The molecule has 0 unspecified atom stereocenters. The summed E-state index contributed by atoms with van der Waals surface area (Å²) >= 11 is 1.96. The summed E-state index contributed by atoms with van der Waals surface area (Å²) in [5, 5.41) is 8.33. The van der Waals surface area contributed by atoms with Crippen LogP contribution in [0.15, 0.2) is 12.3 Å². The Balaban J connectivity index is 1.35. The Kier molecular flexibility index (Phi) is 6.11. The lowest BCUT2D eigenvalue weighted by molar-refractivity contribution is -0.0982. The van der Waals surface area contributed by atoms with Crippen LogP contribution in [0.2, 0.25) is 0 Å². The van der Waals surface area contributed by atoms with E-state index in [2.05, 4.69) is 28.2 Å². The predicted molar refractivity (Wildman–Crippen MR) is 114 cm³/mol. The minimum Gasteiger partial charge on any atom is -0.370 e. The molecule has 0 amide bonds. The van der Waals surface area contributed by atoms with Gasteiger partial charge in [0, 0.05) is 47.8 Å². The monoisotopic (exact) mass is 438 g/mol. The number of sulfone groups is 1. The van der Waals surface area contributed by atoms with E-state index in [1.807, 2.05) is 17.5 Å². The molecule has 2 aliphatic heterocycles. The number of thiophene rings is 1. The van der Waals surface area contributed by atoms with Crippen molar-refractivity contribution in [3.63, 3.8) is 0 Å². The lowest BCUT2D eigenvalue weighted by Gasteiger charge is -2.44. The van der Waals surface area contributed by atoms with Gasteiger partial charge in [-0.2, -0.15) is 0 Å². The van der Waals surface area contributed by atoms with Crippen molar-refractivity contribution in [2.75, 3.05) is 31.2 Å². The number of hydrogen-bond donors (Lipinski definition) is 0. The highest BCUT2D eigenvalue weighted by atomic mass is 32.2. The van der Waals surface area contributed by atoms with Crippen LogP contribution in [0.5, 0.6) is 0 Å². The maximum atomic E-state index is 11.7. The van der Waals surface area contributed by atoms with E-state index in [4.69, 9.17) is 4.74 Å². The zero-order valence-corrected chi connectivity index (χ0v) is 18.9. The lowest BCUT2D eigenvalue weighted by atomic mass is 9.82. The van der Waals surface area contributed by atoms with E-state index in [0.29, 0.717) is 6.54 Å². The van der Waals surface area contributed by atoms with Gasteiger partial charge in [0.15, 0.2) is 9.84 Å². The number of nitrogens with zero attached hydrogens (tertiary/aromatic N) is 4. The molecule has 1 fully saturated rings. The molecular weight excluding hydrogens is 408 g/mol. The molecule has 0 aromatic carbocycles. The molecule has 0 bridgehead atoms. The van der Waals surface area contributed by atoms with Gasteiger partial charge in [-0.15, -0.1) is 16.4 Å². The molecule has 0 N–H and O–H groups in total. The first kappa shape index (κ1) is 21.0. The number of aryl methyl sites for hydroxylation is 2. The number of piperidine rings is 1. The molecule has 1 spiro atoms. The van der Waals surface area contributed by atoms with Crippen molar-refractivity contribution in [1.82, 2.24) is 19.9 Å². The van der Waals surface area contributed by atoms with Crippen molar-refractivity contribution >= 4 is 21.2 Å². The zero-order chi connectivity index (χ0) is 20.5. The quantitative estimate of drug-likeness (QED) is 0.661. The van der Waals surface area contributed by atoms with Crippen LogP contribution >= 0.6 is 11.3 Å².